The number of pyridine rings is 1. The molecule has 0 spiro atoms. The first-order valence-corrected chi connectivity index (χ1v) is 7.52. The van der Waals surface area contributed by atoms with E-state index in [1.54, 1.807) is 6.07 Å². The van der Waals surface area contributed by atoms with Crippen molar-refractivity contribution >= 4 is 40.6 Å². The first-order valence-electron chi connectivity index (χ1n) is 6.39. The molecule has 0 bridgehead atoms. The van der Waals surface area contributed by atoms with Crippen LogP contribution in [-0.2, 0) is 12.6 Å². The van der Waals surface area contributed by atoms with E-state index in [9.17, 15) is 18.0 Å². The maximum Gasteiger partial charge on any atom is 0.417 e. The minimum Gasteiger partial charge on any atom is -0.294 e. The van der Waals surface area contributed by atoms with Gasteiger partial charge in [0.15, 0.2) is 5.78 Å². The summed E-state index contributed by atoms with van der Waals surface area (Å²) in [5.41, 5.74) is -0.554. The van der Waals surface area contributed by atoms with E-state index in [0.29, 0.717) is 6.20 Å². The molecule has 2 aromatic rings. The first kappa shape index (κ1) is 20.7. The zero-order valence-electron chi connectivity index (χ0n) is 11.4. The molecule has 0 aliphatic rings. The number of Topliss-reactive ketones (excluding diaryl/α,β-unsaturated/α-hetero) is 1. The summed E-state index contributed by atoms with van der Waals surface area (Å²) in [6.07, 6.45) is -3.77. The zero-order valence-corrected chi connectivity index (χ0v) is 13.7. The van der Waals surface area contributed by atoms with Gasteiger partial charge in [-0.2, -0.15) is 13.2 Å². The highest BCUT2D eigenvalue weighted by molar-refractivity contribution is 6.39. The fourth-order valence-corrected chi connectivity index (χ4v) is 2.80. The van der Waals surface area contributed by atoms with Crippen LogP contribution in [-0.4, -0.2) is 10.8 Å². The van der Waals surface area contributed by atoms with Gasteiger partial charge in [-0.25, -0.2) is 0 Å². The Bertz CT molecular complexity index is 728. The van der Waals surface area contributed by atoms with Crippen molar-refractivity contribution in [3.8, 4) is 0 Å². The fraction of sp³-hybridized carbons (Fsp3) is 0.250. The number of hydrogen-bond donors (Lipinski definition) is 0. The molecule has 8 heteroatoms. The molecule has 0 aliphatic heterocycles. The molecule has 24 heavy (non-hydrogen) atoms. The summed E-state index contributed by atoms with van der Waals surface area (Å²) < 4.78 is 37.6. The van der Waals surface area contributed by atoms with Gasteiger partial charge >= 0.3 is 6.18 Å². The molecule has 0 radical (unpaired) electrons. The van der Waals surface area contributed by atoms with Gasteiger partial charge in [0.25, 0.3) is 0 Å². The summed E-state index contributed by atoms with van der Waals surface area (Å²) in [5, 5.41) is 0.292. The summed E-state index contributed by atoms with van der Waals surface area (Å²) in [6.45, 7) is 0. The van der Waals surface area contributed by atoms with Crippen LogP contribution >= 0.6 is 34.8 Å². The minimum atomic E-state index is -4.52. The van der Waals surface area contributed by atoms with Gasteiger partial charge in [-0.1, -0.05) is 48.3 Å². The lowest BCUT2D eigenvalue weighted by Gasteiger charge is -2.09. The number of carbonyl (C=O) groups is 1. The van der Waals surface area contributed by atoms with E-state index in [1.165, 1.54) is 12.1 Å². The minimum absolute atomic E-state index is 0. The molecule has 130 valence electrons. The van der Waals surface area contributed by atoms with Crippen molar-refractivity contribution in [1.82, 2.24) is 4.98 Å². The SMILES string of the molecule is C.O=C(CCc1ncc(C(F)(F)F)cc1Cl)c1c(Cl)cccc1Cl. The molecule has 2 nitrogen and oxygen atoms in total. The number of halogens is 6. The van der Waals surface area contributed by atoms with Crippen LogP contribution < -0.4 is 0 Å². The second-order valence-electron chi connectivity index (χ2n) is 4.67. The molecule has 0 fully saturated rings. The predicted molar refractivity (Wildman–Crippen MR) is 90.1 cm³/mol. The second-order valence-corrected chi connectivity index (χ2v) is 5.89. The number of alkyl halides is 3. The Labute approximate surface area is 152 Å². The zero-order chi connectivity index (χ0) is 17.2. The lowest BCUT2D eigenvalue weighted by Crippen LogP contribution is -2.08. The van der Waals surface area contributed by atoms with Crippen molar-refractivity contribution in [1.29, 1.82) is 0 Å². The van der Waals surface area contributed by atoms with Crippen LogP contribution in [0.2, 0.25) is 15.1 Å². The topological polar surface area (TPSA) is 30.0 Å². The Hall–Kier alpha value is -1.30. The molecule has 0 saturated carbocycles. The van der Waals surface area contributed by atoms with E-state index in [2.05, 4.69) is 4.98 Å². The average molecular weight is 399 g/mol. The Morgan fingerprint density at radius 2 is 1.67 bits per heavy atom. The number of benzene rings is 1. The molecule has 0 amide bonds. The number of hydrogen-bond acceptors (Lipinski definition) is 2. The Kier molecular flexibility index (Phi) is 7.08. The third-order valence-electron chi connectivity index (χ3n) is 3.08. The van der Waals surface area contributed by atoms with Crippen LogP contribution in [0.1, 0.15) is 35.5 Å². The van der Waals surface area contributed by atoms with Gasteiger partial charge in [0.2, 0.25) is 0 Å². The van der Waals surface area contributed by atoms with E-state index in [4.69, 9.17) is 34.8 Å². The number of aryl methyl sites for hydroxylation is 1. The molecule has 0 unspecified atom stereocenters. The molecule has 2 rings (SSSR count). The van der Waals surface area contributed by atoms with Crippen molar-refractivity contribution in [2.24, 2.45) is 0 Å². The molecule has 0 saturated heterocycles. The Morgan fingerprint density at radius 3 is 2.17 bits per heavy atom. The van der Waals surface area contributed by atoms with E-state index in [0.717, 1.165) is 6.07 Å². The summed E-state index contributed by atoms with van der Waals surface area (Å²) in [7, 11) is 0. The largest absolute Gasteiger partial charge is 0.417 e. The molecular formula is C16H13Cl3F3NO. The van der Waals surface area contributed by atoms with Crippen molar-refractivity contribution in [2.75, 3.05) is 0 Å². The first-order chi connectivity index (χ1) is 10.7. The maximum absolute atomic E-state index is 12.5. The van der Waals surface area contributed by atoms with E-state index in [-0.39, 0.29) is 52.4 Å². The summed E-state index contributed by atoms with van der Waals surface area (Å²) >= 11 is 17.7. The van der Waals surface area contributed by atoms with E-state index >= 15 is 0 Å². The van der Waals surface area contributed by atoms with E-state index in [1.807, 2.05) is 0 Å². The maximum atomic E-state index is 12.5. The Balaban J connectivity index is 0.00000288. The van der Waals surface area contributed by atoms with Crippen molar-refractivity contribution in [2.45, 2.75) is 26.4 Å². The highest BCUT2D eigenvalue weighted by atomic mass is 35.5. The fourth-order valence-electron chi connectivity index (χ4n) is 1.93. The Morgan fingerprint density at radius 1 is 1.08 bits per heavy atom. The number of aromatic nitrogens is 1. The highest BCUT2D eigenvalue weighted by Gasteiger charge is 2.31. The molecule has 1 heterocycles. The van der Waals surface area contributed by atoms with E-state index < -0.39 is 11.7 Å². The smallest absolute Gasteiger partial charge is 0.294 e. The van der Waals surface area contributed by atoms with Gasteiger partial charge in [-0.3, -0.25) is 9.78 Å². The van der Waals surface area contributed by atoms with Gasteiger partial charge in [0.05, 0.1) is 31.9 Å². The van der Waals surface area contributed by atoms with Crippen LogP contribution in [0.25, 0.3) is 0 Å². The van der Waals surface area contributed by atoms with Crippen LogP contribution in [0.15, 0.2) is 30.5 Å². The number of carbonyl (C=O) groups excluding carboxylic acids is 1. The average Bonchev–Trinajstić information content (AvgIpc) is 2.44. The molecule has 0 N–H and O–H groups in total. The normalized spacial score (nSPS) is 11.1. The molecule has 1 aromatic carbocycles. The number of rotatable bonds is 4. The molecule has 0 atom stereocenters. The van der Waals surface area contributed by atoms with Gasteiger partial charge in [0.1, 0.15) is 0 Å². The highest BCUT2D eigenvalue weighted by Crippen LogP contribution is 2.31. The quantitative estimate of drug-likeness (QED) is 0.549. The summed E-state index contributed by atoms with van der Waals surface area (Å²) in [4.78, 5) is 15.9. The van der Waals surface area contributed by atoms with Crippen LogP contribution in [0, 0.1) is 0 Å². The van der Waals surface area contributed by atoms with Gasteiger partial charge in [0, 0.05) is 12.6 Å². The monoisotopic (exact) mass is 397 g/mol. The predicted octanol–water partition coefficient (Wildman–Crippen LogP) is 6.51. The number of nitrogens with zero attached hydrogens (tertiary/aromatic N) is 1. The number of ketones is 1. The van der Waals surface area contributed by atoms with Crippen molar-refractivity contribution in [3.05, 3.63) is 62.4 Å². The van der Waals surface area contributed by atoms with Gasteiger partial charge < -0.3 is 0 Å². The summed E-state index contributed by atoms with van der Waals surface area (Å²) in [6, 6.07) is 5.46. The van der Waals surface area contributed by atoms with Gasteiger partial charge in [-0.05, 0) is 24.6 Å². The van der Waals surface area contributed by atoms with Crippen molar-refractivity contribution < 1.29 is 18.0 Å². The summed E-state index contributed by atoms with van der Waals surface area (Å²) in [5.74, 6) is -0.335. The third kappa shape index (κ3) is 4.85. The molecule has 1 aromatic heterocycles. The van der Waals surface area contributed by atoms with Crippen LogP contribution in [0.4, 0.5) is 13.2 Å². The lowest BCUT2D eigenvalue weighted by molar-refractivity contribution is -0.137. The van der Waals surface area contributed by atoms with Gasteiger partial charge in [-0.15, -0.1) is 0 Å². The lowest BCUT2D eigenvalue weighted by atomic mass is 10.0. The third-order valence-corrected chi connectivity index (χ3v) is 4.03. The van der Waals surface area contributed by atoms with Crippen molar-refractivity contribution in [3.63, 3.8) is 0 Å². The standard InChI is InChI=1S/C15H9Cl3F3NO.CH4/c16-9-2-1-3-10(17)14(9)13(23)5-4-12-11(18)6-8(7-22-12)15(19,20)21;/h1-3,6-7H,4-5H2;1H4. The second kappa shape index (κ2) is 8.19. The van der Waals surface area contributed by atoms with Crippen LogP contribution in [0.3, 0.4) is 0 Å². The molecule has 0 aliphatic carbocycles. The molecular weight excluding hydrogens is 386 g/mol. The van der Waals surface area contributed by atoms with Crippen LogP contribution in [0.5, 0.6) is 0 Å².